The van der Waals surface area contributed by atoms with E-state index in [4.69, 9.17) is 5.73 Å². The highest BCUT2D eigenvalue weighted by molar-refractivity contribution is 5.97. The van der Waals surface area contributed by atoms with Crippen LogP contribution >= 0.6 is 24.8 Å². The van der Waals surface area contributed by atoms with Gasteiger partial charge in [0.2, 0.25) is 5.91 Å². The molecule has 0 radical (unpaired) electrons. The quantitative estimate of drug-likeness (QED) is 0.879. The summed E-state index contributed by atoms with van der Waals surface area (Å²) in [6.45, 7) is 2.95. The third kappa shape index (κ3) is 5.11. The van der Waals surface area contributed by atoms with Crippen LogP contribution in [-0.4, -0.2) is 25.5 Å². The molecule has 4 nitrogen and oxygen atoms in total. The third-order valence-electron chi connectivity index (χ3n) is 4.20. The fraction of sp³-hybridized carbons (Fsp3) is 0.316. The molecular formula is C19H25Cl2N3O. The summed E-state index contributed by atoms with van der Waals surface area (Å²) in [5.74, 6) is 0.113. The van der Waals surface area contributed by atoms with Crippen molar-refractivity contribution in [2.75, 3.05) is 29.4 Å². The molecule has 2 aromatic rings. The topological polar surface area (TPSA) is 49.6 Å². The smallest absolute Gasteiger partial charge is 0.228 e. The van der Waals surface area contributed by atoms with Gasteiger partial charge in [-0.15, -0.1) is 24.8 Å². The zero-order valence-electron chi connectivity index (χ0n) is 14.1. The molecule has 1 heterocycles. The van der Waals surface area contributed by atoms with Crippen LogP contribution in [0.4, 0.5) is 11.4 Å². The number of hydrogen-bond acceptors (Lipinski definition) is 3. The number of anilines is 2. The minimum atomic E-state index is 0. The largest absolute Gasteiger partial charge is 0.365 e. The molecule has 0 atom stereocenters. The first-order valence-electron chi connectivity index (χ1n) is 8.18. The van der Waals surface area contributed by atoms with Crippen molar-refractivity contribution >= 4 is 42.1 Å². The lowest BCUT2D eigenvalue weighted by Gasteiger charge is -2.27. The highest BCUT2D eigenvalue weighted by Crippen LogP contribution is 2.33. The van der Waals surface area contributed by atoms with Crippen LogP contribution in [0.15, 0.2) is 54.6 Å². The molecule has 6 heteroatoms. The van der Waals surface area contributed by atoms with Gasteiger partial charge in [-0.25, -0.2) is 0 Å². The van der Waals surface area contributed by atoms with E-state index in [-0.39, 0.29) is 30.7 Å². The van der Waals surface area contributed by atoms with Gasteiger partial charge < -0.3 is 15.5 Å². The predicted octanol–water partition coefficient (Wildman–Crippen LogP) is 3.62. The monoisotopic (exact) mass is 381 g/mol. The fourth-order valence-corrected chi connectivity index (χ4v) is 3.11. The Morgan fingerprint density at radius 3 is 2.24 bits per heavy atom. The van der Waals surface area contributed by atoms with Gasteiger partial charge in [-0.05, 0) is 24.1 Å². The highest BCUT2D eigenvalue weighted by atomic mass is 35.5. The lowest BCUT2D eigenvalue weighted by atomic mass is 10.1. The van der Waals surface area contributed by atoms with Gasteiger partial charge in [0.1, 0.15) is 0 Å². The second-order valence-electron chi connectivity index (χ2n) is 5.83. The average Bonchev–Trinajstić information content (AvgIpc) is 2.76. The predicted molar refractivity (Wildman–Crippen MR) is 109 cm³/mol. The van der Waals surface area contributed by atoms with Crippen molar-refractivity contribution in [2.24, 2.45) is 5.73 Å². The van der Waals surface area contributed by atoms with Crippen LogP contribution in [0.3, 0.4) is 0 Å². The number of fused-ring (bicyclic) bond motifs is 1. The number of nitrogens with two attached hydrogens (primary N) is 1. The standard InChI is InChI=1S/C19H23N3O.2ClH/c20-12-11-19(23)22-14-6-13-21(15-16-7-2-1-3-8-16)17-9-4-5-10-18(17)22;;/h1-5,7-10H,6,11-15,20H2;2*1H. The number of amides is 1. The summed E-state index contributed by atoms with van der Waals surface area (Å²) >= 11 is 0. The number of halogens is 2. The number of para-hydroxylation sites is 2. The van der Waals surface area contributed by atoms with E-state index in [2.05, 4.69) is 35.2 Å². The maximum atomic E-state index is 12.4. The molecule has 1 aliphatic heterocycles. The molecule has 1 aliphatic rings. The van der Waals surface area contributed by atoms with Gasteiger partial charge in [0.25, 0.3) is 0 Å². The molecule has 0 aliphatic carbocycles. The number of rotatable bonds is 4. The summed E-state index contributed by atoms with van der Waals surface area (Å²) in [6, 6.07) is 18.6. The lowest BCUT2D eigenvalue weighted by Crippen LogP contribution is -2.32. The van der Waals surface area contributed by atoms with Gasteiger partial charge in [0.05, 0.1) is 11.4 Å². The second-order valence-corrected chi connectivity index (χ2v) is 5.83. The maximum absolute atomic E-state index is 12.4. The Hall–Kier alpha value is -1.75. The molecule has 2 aromatic carbocycles. The molecule has 25 heavy (non-hydrogen) atoms. The zero-order valence-corrected chi connectivity index (χ0v) is 15.8. The molecule has 1 amide bonds. The van der Waals surface area contributed by atoms with Crippen LogP contribution in [0.1, 0.15) is 18.4 Å². The molecular weight excluding hydrogens is 357 g/mol. The van der Waals surface area contributed by atoms with Crippen LogP contribution < -0.4 is 15.5 Å². The number of carbonyl (C=O) groups is 1. The minimum Gasteiger partial charge on any atom is -0.365 e. The van der Waals surface area contributed by atoms with Crippen molar-refractivity contribution in [2.45, 2.75) is 19.4 Å². The van der Waals surface area contributed by atoms with Crippen molar-refractivity contribution in [3.63, 3.8) is 0 Å². The molecule has 0 aromatic heterocycles. The van der Waals surface area contributed by atoms with Crippen molar-refractivity contribution in [3.8, 4) is 0 Å². The Bertz CT molecular complexity index is 667. The third-order valence-corrected chi connectivity index (χ3v) is 4.20. The van der Waals surface area contributed by atoms with Gasteiger partial charge in [-0.1, -0.05) is 42.5 Å². The van der Waals surface area contributed by atoms with E-state index in [1.807, 2.05) is 29.2 Å². The van der Waals surface area contributed by atoms with Crippen LogP contribution in [0, 0.1) is 0 Å². The van der Waals surface area contributed by atoms with Crippen molar-refractivity contribution < 1.29 is 4.79 Å². The van der Waals surface area contributed by atoms with Crippen molar-refractivity contribution in [1.82, 2.24) is 0 Å². The lowest BCUT2D eigenvalue weighted by molar-refractivity contribution is -0.118. The molecule has 136 valence electrons. The first-order valence-corrected chi connectivity index (χ1v) is 8.18. The summed E-state index contributed by atoms with van der Waals surface area (Å²) in [5.41, 5.74) is 8.97. The Morgan fingerprint density at radius 2 is 1.56 bits per heavy atom. The Labute approximate surface area is 161 Å². The summed E-state index contributed by atoms with van der Waals surface area (Å²) < 4.78 is 0. The van der Waals surface area contributed by atoms with Crippen LogP contribution in [0.5, 0.6) is 0 Å². The van der Waals surface area contributed by atoms with E-state index in [1.165, 1.54) is 5.56 Å². The van der Waals surface area contributed by atoms with E-state index in [1.54, 1.807) is 0 Å². The number of carbonyl (C=O) groups excluding carboxylic acids is 1. The van der Waals surface area contributed by atoms with Crippen LogP contribution in [0.25, 0.3) is 0 Å². The Morgan fingerprint density at radius 1 is 0.920 bits per heavy atom. The first kappa shape index (κ1) is 21.3. The van der Waals surface area contributed by atoms with E-state index in [0.29, 0.717) is 13.0 Å². The van der Waals surface area contributed by atoms with E-state index >= 15 is 0 Å². The minimum absolute atomic E-state index is 0. The summed E-state index contributed by atoms with van der Waals surface area (Å²) in [6.07, 6.45) is 1.35. The normalized spacial score (nSPS) is 13.2. The highest BCUT2D eigenvalue weighted by Gasteiger charge is 2.23. The SMILES string of the molecule is Cl.Cl.NCCC(=O)N1CCCN(Cc2ccccc2)c2ccccc21. The Kier molecular flexibility index (Phi) is 8.76. The molecule has 0 spiro atoms. The molecule has 0 saturated carbocycles. The second kappa shape index (κ2) is 10.3. The van der Waals surface area contributed by atoms with Crippen LogP contribution in [-0.2, 0) is 11.3 Å². The molecule has 3 rings (SSSR count). The maximum Gasteiger partial charge on any atom is 0.228 e. The van der Waals surface area contributed by atoms with E-state index in [0.717, 1.165) is 37.4 Å². The summed E-state index contributed by atoms with van der Waals surface area (Å²) in [7, 11) is 0. The average molecular weight is 382 g/mol. The summed E-state index contributed by atoms with van der Waals surface area (Å²) in [5, 5.41) is 0. The van der Waals surface area contributed by atoms with Gasteiger partial charge in [-0.2, -0.15) is 0 Å². The van der Waals surface area contributed by atoms with Gasteiger partial charge in [-0.3, -0.25) is 4.79 Å². The molecule has 0 fully saturated rings. The van der Waals surface area contributed by atoms with E-state index < -0.39 is 0 Å². The number of benzene rings is 2. The summed E-state index contributed by atoms with van der Waals surface area (Å²) in [4.78, 5) is 16.7. The fourth-order valence-electron chi connectivity index (χ4n) is 3.11. The zero-order chi connectivity index (χ0) is 16.1. The molecule has 2 N–H and O–H groups in total. The van der Waals surface area contributed by atoms with Crippen molar-refractivity contribution in [3.05, 3.63) is 60.2 Å². The first-order chi connectivity index (χ1) is 11.3. The number of hydrogen-bond donors (Lipinski definition) is 1. The number of nitrogens with zero attached hydrogens (tertiary/aromatic N) is 2. The molecule has 0 bridgehead atoms. The van der Waals surface area contributed by atoms with Gasteiger partial charge in [0, 0.05) is 32.6 Å². The van der Waals surface area contributed by atoms with Gasteiger partial charge in [0.15, 0.2) is 0 Å². The van der Waals surface area contributed by atoms with E-state index in [9.17, 15) is 4.79 Å². The Balaban J connectivity index is 0.00000156. The molecule has 0 saturated heterocycles. The van der Waals surface area contributed by atoms with Crippen molar-refractivity contribution in [1.29, 1.82) is 0 Å². The van der Waals surface area contributed by atoms with Gasteiger partial charge >= 0.3 is 0 Å². The van der Waals surface area contributed by atoms with Crippen LogP contribution in [0.2, 0.25) is 0 Å². The molecule has 0 unspecified atom stereocenters.